The van der Waals surface area contributed by atoms with Gasteiger partial charge in [0.2, 0.25) is 5.91 Å². The minimum Gasteiger partial charge on any atom is -0.330 e. The van der Waals surface area contributed by atoms with Gasteiger partial charge in [0.05, 0.1) is 0 Å². The first-order valence-electron chi connectivity index (χ1n) is 7.95. The van der Waals surface area contributed by atoms with Crippen LogP contribution in [0, 0.1) is 0 Å². The molecule has 0 saturated heterocycles. The summed E-state index contributed by atoms with van der Waals surface area (Å²) >= 11 is 0. The molecule has 3 nitrogen and oxygen atoms in total. The number of nitrogens with two attached hydrogens (primary N) is 1. The van der Waals surface area contributed by atoms with Gasteiger partial charge in [0.1, 0.15) is 0 Å². The first kappa shape index (κ1) is 16.2. The van der Waals surface area contributed by atoms with Gasteiger partial charge in [0, 0.05) is 17.7 Å². The van der Waals surface area contributed by atoms with Crippen LogP contribution in [0.2, 0.25) is 0 Å². The molecule has 3 heteroatoms. The quantitative estimate of drug-likeness (QED) is 0.717. The van der Waals surface area contributed by atoms with Crippen molar-refractivity contribution in [3.05, 3.63) is 54.6 Å². The number of anilines is 1. The molecule has 0 radical (unpaired) electrons. The van der Waals surface area contributed by atoms with E-state index in [2.05, 4.69) is 17.4 Å². The average Bonchev–Trinajstić information content (AvgIpc) is 2.56. The van der Waals surface area contributed by atoms with Crippen molar-refractivity contribution in [2.24, 2.45) is 5.73 Å². The number of nitrogens with one attached hydrogen (secondary N) is 1. The molecule has 0 bridgehead atoms. The predicted octanol–water partition coefficient (Wildman–Crippen LogP) is 4.20. The third-order valence-corrected chi connectivity index (χ3v) is 3.64. The molecule has 2 rings (SSSR count). The van der Waals surface area contributed by atoms with Crippen LogP contribution in [0.15, 0.2) is 54.6 Å². The summed E-state index contributed by atoms with van der Waals surface area (Å²) in [6, 6.07) is 18.0. The minimum absolute atomic E-state index is 0.0797. The van der Waals surface area contributed by atoms with E-state index < -0.39 is 0 Å². The van der Waals surface area contributed by atoms with Crippen molar-refractivity contribution in [3.8, 4) is 11.1 Å². The second kappa shape index (κ2) is 9.00. The smallest absolute Gasteiger partial charge is 0.224 e. The molecule has 1 amide bonds. The Kier molecular flexibility index (Phi) is 6.65. The molecule has 3 N–H and O–H groups in total. The van der Waals surface area contributed by atoms with E-state index in [0.717, 1.165) is 49.0 Å². The Labute approximate surface area is 132 Å². The van der Waals surface area contributed by atoms with Crippen molar-refractivity contribution in [1.82, 2.24) is 0 Å². The van der Waals surface area contributed by atoms with Gasteiger partial charge in [-0.15, -0.1) is 0 Å². The van der Waals surface area contributed by atoms with E-state index in [1.807, 2.05) is 42.5 Å². The fraction of sp³-hybridized carbons (Fsp3) is 0.316. The van der Waals surface area contributed by atoms with Crippen molar-refractivity contribution in [1.29, 1.82) is 0 Å². The molecule has 0 unspecified atom stereocenters. The molecule has 0 aromatic heterocycles. The number of carbonyl (C=O) groups excluding carboxylic acids is 1. The molecule has 0 aliphatic rings. The van der Waals surface area contributed by atoms with Crippen LogP contribution in [0.4, 0.5) is 5.69 Å². The van der Waals surface area contributed by atoms with Crippen molar-refractivity contribution in [2.75, 3.05) is 11.9 Å². The first-order valence-corrected chi connectivity index (χ1v) is 7.95. The van der Waals surface area contributed by atoms with Crippen LogP contribution >= 0.6 is 0 Å². The number of carbonyl (C=O) groups is 1. The number of hydrogen-bond donors (Lipinski definition) is 2. The Morgan fingerprint density at radius 3 is 2.32 bits per heavy atom. The van der Waals surface area contributed by atoms with E-state index in [1.54, 1.807) is 0 Å². The van der Waals surface area contributed by atoms with Crippen molar-refractivity contribution >= 4 is 11.6 Å². The summed E-state index contributed by atoms with van der Waals surface area (Å²) in [4.78, 5) is 12.1. The summed E-state index contributed by atoms with van der Waals surface area (Å²) in [5.74, 6) is 0.0797. The van der Waals surface area contributed by atoms with Gasteiger partial charge >= 0.3 is 0 Å². The summed E-state index contributed by atoms with van der Waals surface area (Å²) in [7, 11) is 0. The molecule has 2 aromatic rings. The highest BCUT2D eigenvalue weighted by Gasteiger charge is 2.07. The highest BCUT2D eigenvalue weighted by atomic mass is 16.1. The summed E-state index contributed by atoms with van der Waals surface area (Å²) in [6.45, 7) is 0.733. The van der Waals surface area contributed by atoms with E-state index in [-0.39, 0.29) is 5.91 Å². The van der Waals surface area contributed by atoms with Gasteiger partial charge in [-0.2, -0.15) is 0 Å². The topological polar surface area (TPSA) is 55.1 Å². The van der Waals surface area contributed by atoms with Crippen LogP contribution in [0.1, 0.15) is 32.1 Å². The van der Waals surface area contributed by atoms with E-state index >= 15 is 0 Å². The molecule has 0 saturated carbocycles. The Balaban J connectivity index is 1.94. The maximum atomic E-state index is 12.1. The second-order valence-electron chi connectivity index (χ2n) is 5.41. The molecular formula is C19H24N2O. The summed E-state index contributed by atoms with van der Waals surface area (Å²) in [6.07, 6.45) is 4.68. The van der Waals surface area contributed by atoms with Gasteiger partial charge in [0.25, 0.3) is 0 Å². The number of hydrogen-bond acceptors (Lipinski definition) is 2. The predicted molar refractivity (Wildman–Crippen MR) is 92.6 cm³/mol. The van der Waals surface area contributed by atoms with E-state index in [1.165, 1.54) is 0 Å². The van der Waals surface area contributed by atoms with Crippen LogP contribution in [0.5, 0.6) is 0 Å². The Hall–Kier alpha value is -2.13. The summed E-state index contributed by atoms with van der Waals surface area (Å²) < 4.78 is 0. The van der Waals surface area contributed by atoms with Gasteiger partial charge in [-0.1, -0.05) is 61.4 Å². The highest BCUT2D eigenvalue weighted by molar-refractivity contribution is 5.95. The average molecular weight is 296 g/mol. The number of para-hydroxylation sites is 1. The van der Waals surface area contributed by atoms with E-state index in [0.29, 0.717) is 6.42 Å². The lowest BCUT2D eigenvalue weighted by Gasteiger charge is -2.11. The lowest BCUT2D eigenvalue weighted by atomic mass is 10.0. The van der Waals surface area contributed by atoms with Gasteiger partial charge in [-0.25, -0.2) is 0 Å². The zero-order valence-corrected chi connectivity index (χ0v) is 12.9. The lowest BCUT2D eigenvalue weighted by molar-refractivity contribution is -0.116. The van der Waals surface area contributed by atoms with Gasteiger partial charge < -0.3 is 11.1 Å². The maximum Gasteiger partial charge on any atom is 0.224 e. The first-order chi connectivity index (χ1) is 10.8. The van der Waals surface area contributed by atoms with Crippen LogP contribution in [0.25, 0.3) is 11.1 Å². The van der Waals surface area contributed by atoms with Crippen molar-refractivity contribution in [3.63, 3.8) is 0 Å². The maximum absolute atomic E-state index is 12.1. The second-order valence-corrected chi connectivity index (χ2v) is 5.41. The highest BCUT2D eigenvalue weighted by Crippen LogP contribution is 2.27. The molecule has 2 aromatic carbocycles. The SMILES string of the molecule is NCCCCCCC(=O)Nc1ccccc1-c1ccccc1. The Morgan fingerprint density at radius 1 is 0.864 bits per heavy atom. The van der Waals surface area contributed by atoms with Gasteiger partial charge in [0.15, 0.2) is 0 Å². The largest absolute Gasteiger partial charge is 0.330 e. The standard InChI is InChI=1S/C19H24N2O/c20-15-9-2-1-6-14-19(22)21-18-13-8-7-12-17(18)16-10-4-3-5-11-16/h3-5,7-8,10-13H,1-2,6,9,14-15,20H2,(H,21,22). The third kappa shape index (κ3) is 5.01. The molecule has 0 aliphatic carbocycles. The molecule has 0 spiro atoms. The van der Waals surface area contributed by atoms with Crippen molar-refractivity contribution in [2.45, 2.75) is 32.1 Å². The molecule has 0 aliphatic heterocycles. The summed E-state index contributed by atoms with van der Waals surface area (Å²) in [5.41, 5.74) is 8.51. The Bertz CT molecular complexity index is 581. The monoisotopic (exact) mass is 296 g/mol. The number of benzene rings is 2. The van der Waals surface area contributed by atoms with Gasteiger partial charge in [-0.05, 0) is 31.0 Å². The molecule has 0 atom stereocenters. The fourth-order valence-corrected chi connectivity index (χ4v) is 2.46. The molecular weight excluding hydrogens is 272 g/mol. The molecule has 0 heterocycles. The third-order valence-electron chi connectivity index (χ3n) is 3.64. The lowest BCUT2D eigenvalue weighted by Crippen LogP contribution is -2.12. The minimum atomic E-state index is 0.0797. The van der Waals surface area contributed by atoms with Crippen LogP contribution in [-0.2, 0) is 4.79 Å². The Morgan fingerprint density at radius 2 is 1.55 bits per heavy atom. The van der Waals surface area contributed by atoms with Crippen LogP contribution < -0.4 is 11.1 Å². The van der Waals surface area contributed by atoms with E-state index in [4.69, 9.17) is 5.73 Å². The number of amides is 1. The number of unbranched alkanes of at least 4 members (excludes halogenated alkanes) is 3. The normalized spacial score (nSPS) is 10.4. The zero-order valence-electron chi connectivity index (χ0n) is 12.9. The summed E-state index contributed by atoms with van der Waals surface area (Å²) in [5, 5.41) is 3.04. The number of rotatable bonds is 8. The van der Waals surface area contributed by atoms with Crippen molar-refractivity contribution < 1.29 is 4.79 Å². The van der Waals surface area contributed by atoms with Gasteiger partial charge in [-0.3, -0.25) is 4.79 Å². The molecule has 116 valence electrons. The van der Waals surface area contributed by atoms with Crippen LogP contribution in [-0.4, -0.2) is 12.5 Å². The molecule has 0 fully saturated rings. The zero-order chi connectivity index (χ0) is 15.6. The van der Waals surface area contributed by atoms with E-state index in [9.17, 15) is 4.79 Å². The molecule has 22 heavy (non-hydrogen) atoms. The fourth-order valence-electron chi connectivity index (χ4n) is 2.46. The van der Waals surface area contributed by atoms with Crippen LogP contribution in [0.3, 0.4) is 0 Å².